The van der Waals surface area contributed by atoms with Crippen LogP contribution in [0.4, 0.5) is 0 Å². The number of rotatable bonds is 3. The molecule has 2 amide bonds. The van der Waals surface area contributed by atoms with Crippen molar-refractivity contribution in [1.82, 2.24) is 25.4 Å². The zero-order chi connectivity index (χ0) is 15.7. The molecule has 2 atom stereocenters. The standard InChI is InChI=1S/C15H17N5O2/c1-9-11(8-17-19-9)15(22)18-12-6-13(21)20(2)14(12)10-4-3-5-16-7-10/h3-5,7-8,12,14H,6H2,1-2H3,(H,17,19)(H,18,22)/t12-,14+/m1/s1. The zero-order valence-corrected chi connectivity index (χ0v) is 12.4. The fourth-order valence-corrected chi connectivity index (χ4v) is 2.83. The molecule has 1 saturated heterocycles. The van der Waals surface area contributed by atoms with Crippen LogP contribution in [-0.2, 0) is 4.79 Å². The van der Waals surface area contributed by atoms with Gasteiger partial charge in [0.15, 0.2) is 0 Å². The highest BCUT2D eigenvalue weighted by Gasteiger charge is 2.39. The molecule has 0 aliphatic carbocycles. The van der Waals surface area contributed by atoms with Crippen molar-refractivity contribution in [1.29, 1.82) is 0 Å². The second-order valence-corrected chi connectivity index (χ2v) is 5.43. The van der Waals surface area contributed by atoms with Gasteiger partial charge in [-0.1, -0.05) is 6.07 Å². The van der Waals surface area contributed by atoms with E-state index in [0.29, 0.717) is 11.3 Å². The number of likely N-dealkylation sites (N-methyl/N-ethyl adjacent to an activating group) is 1. The van der Waals surface area contributed by atoms with Gasteiger partial charge < -0.3 is 10.2 Å². The van der Waals surface area contributed by atoms with Gasteiger partial charge in [-0.3, -0.25) is 19.7 Å². The first-order valence-electron chi connectivity index (χ1n) is 7.04. The van der Waals surface area contributed by atoms with Crippen LogP contribution in [0.15, 0.2) is 30.7 Å². The van der Waals surface area contributed by atoms with Crippen molar-refractivity contribution in [2.24, 2.45) is 0 Å². The summed E-state index contributed by atoms with van der Waals surface area (Å²) in [5.41, 5.74) is 2.10. The molecule has 2 aromatic rings. The van der Waals surface area contributed by atoms with E-state index in [1.54, 1.807) is 31.3 Å². The van der Waals surface area contributed by atoms with Crippen LogP contribution in [0.3, 0.4) is 0 Å². The molecule has 0 bridgehead atoms. The summed E-state index contributed by atoms with van der Waals surface area (Å²) in [7, 11) is 1.75. The third kappa shape index (κ3) is 2.45. The van der Waals surface area contributed by atoms with Crippen molar-refractivity contribution in [2.75, 3.05) is 7.05 Å². The summed E-state index contributed by atoms with van der Waals surface area (Å²) in [4.78, 5) is 30.2. The molecule has 0 aromatic carbocycles. The average Bonchev–Trinajstić information content (AvgIpc) is 3.05. The molecule has 0 saturated carbocycles. The first-order chi connectivity index (χ1) is 10.6. The van der Waals surface area contributed by atoms with Gasteiger partial charge in [0.1, 0.15) is 0 Å². The minimum Gasteiger partial charge on any atom is -0.346 e. The van der Waals surface area contributed by atoms with E-state index in [1.807, 2.05) is 12.1 Å². The van der Waals surface area contributed by atoms with Crippen LogP contribution in [0.25, 0.3) is 0 Å². The summed E-state index contributed by atoms with van der Waals surface area (Å²) < 4.78 is 0. The third-order valence-electron chi connectivity index (χ3n) is 4.00. The molecule has 1 aliphatic heterocycles. The van der Waals surface area contributed by atoms with Crippen molar-refractivity contribution in [3.05, 3.63) is 47.5 Å². The van der Waals surface area contributed by atoms with Crippen LogP contribution in [0, 0.1) is 6.92 Å². The van der Waals surface area contributed by atoms with Crippen LogP contribution >= 0.6 is 0 Å². The number of pyridine rings is 1. The molecule has 7 nitrogen and oxygen atoms in total. The quantitative estimate of drug-likeness (QED) is 0.877. The number of hydrogen-bond donors (Lipinski definition) is 2. The fourth-order valence-electron chi connectivity index (χ4n) is 2.83. The van der Waals surface area contributed by atoms with Gasteiger partial charge in [0, 0.05) is 31.6 Å². The van der Waals surface area contributed by atoms with E-state index in [1.165, 1.54) is 6.20 Å². The van der Waals surface area contributed by atoms with Crippen molar-refractivity contribution in [3.8, 4) is 0 Å². The maximum absolute atomic E-state index is 12.4. The second-order valence-electron chi connectivity index (χ2n) is 5.43. The zero-order valence-electron chi connectivity index (χ0n) is 12.4. The molecule has 22 heavy (non-hydrogen) atoms. The Hall–Kier alpha value is -2.70. The minimum atomic E-state index is -0.288. The second kappa shape index (κ2) is 5.59. The highest BCUT2D eigenvalue weighted by molar-refractivity contribution is 5.96. The number of carbonyl (C=O) groups is 2. The summed E-state index contributed by atoms with van der Waals surface area (Å²) in [6, 6.07) is 3.24. The minimum absolute atomic E-state index is 0.00284. The number of aryl methyl sites for hydroxylation is 1. The first kappa shape index (κ1) is 14.2. The molecule has 1 fully saturated rings. The molecule has 2 aromatic heterocycles. The Bertz CT molecular complexity index is 697. The predicted octanol–water partition coefficient (Wildman–Crippen LogP) is 0.815. The average molecular weight is 299 g/mol. The lowest BCUT2D eigenvalue weighted by Crippen LogP contribution is -2.39. The van der Waals surface area contributed by atoms with Crippen LogP contribution in [0.2, 0.25) is 0 Å². The van der Waals surface area contributed by atoms with E-state index in [2.05, 4.69) is 20.5 Å². The van der Waals surface area contributed by atoms with E-state index in [9.17, 15) is 9.59 Å². The van der Waals surface area contributed by atoms with Crippen LogP contribution in [-0.4, -0.2) is 45.0 Å². The van der Waals surface area contributed by atoms with Gasteiger partial charge in [0.05, 0.1) is 23.8 Å². The van der Waals surface area contributed by atoms with Gasteiger partial charge in [-0.15, -0.1) is 0 Å². The van der Waals surface area contributed by atoms with Crippen molar-refractivity contribution < 1.29 is 9.59 Å². The van der Waals surface area contributed by atoms with E-state index in [0.717, 1.165) is 5.56 Å². The topological polar surface area (TPSA) is 91.0 Å². The molecule has 2 N–H and O–H groups in total. The van der Waals surface area contributed by atoms with Crippen LogP contribution in [0.1, 0.15) is 34.1 Å². The molecule has 3 heterocycles. The number of carbonyl (C=O) groups excluding carboxylic acids is 2. The number of H-pyrrole nitrogens is 1. The van der Waals surface area contributed by atoms with Gasteiger partial charge in [-0.25, -0.2) is 0 Å². The Labute approximate surface area is 127 Å². The number of aromatic amines is 1. The monoisotopic (exact) mass is 299 g/mol. The van der Waals surface area contributed by atoms with Crippen molar-refractivity contribution >= 4 is 11.8 Å². The molecular formula is C15H17N5O2. The van der Waals surface area contributed by atoms with Crippen molar-refractivity contribution in [2.45, 2.75) is 25.4 Å². The number of amides is 2. The first-order valence-corrected chi connectivity index (χ1v) is 7.04. The van der Waals surface area contributed by atoms with Gasteiger partial charge in [0.2, 0.25) is 5.91 Å². The van der Waals surface area contributed by atoms with Gasteiger partial charge in [-0.2, -0.15) is 5.10 Å². The van der Waals surface area contributed by atoms with Crippen LogP contribution in [0.5, 0.6) is 0 Å². The molecule has 3 rings (SSSR count). The lowest BCUT2D eigenvalue weighted by molar-refractivity contribution is -0.127. The number of hydrogen-bond acceptors (Lipinski definition) is 4. The molecule has 0 spiro atoms. The maximum atomic E-state index is 12.4. The van der Waals surface area contributed by atoms with Gasteiger partial charge in [-0.05, 0) is 18.6 Å². The van der Waals surface area contributed by atoms with Crippen LogP contribution < -0.4 is 5.32 Å². The third-order valence-corrected chi connectivity index (χ3v) is 4.00. The number of nitrogens with one attached hydrogen (secondary N) is 2. The summed E-state index contributed by atoms with van der Waals surface area (Å²) >= 11 is 0. The lowest BCUT2D eigenvalue weighted by atomic mass is 10.0. The highest BCUT2D eigenvalue weighted by atomic mass is 16.2. The summed E-state index contributed by atoms with van der Waals surface area (Å²) in [6.07, 6.45) is 5.17. The number of nitrogens with zero attached hydrogens (tertiary/aromatic N) is 3. The Kier molecular flexibility index (Phi) is 3.62. The summed E-state index contributed by atoms with van der Waals surface area (Å²) in [5, 5.41) is 9.53. The normalized spacial score (nSPS) is 21.2. The molecule has 0 unspecified atom stereocenters. The molecule has 114 valence electrons. The smallest absolute Gasteiger partial charge is 0.255 e. The van der Waals surface area contributed by atoms with E-state index in [-0.39, 0.29) is 30.3 Å². The molecule has 7 heteroatoms. The van der Waals surface area contributed by atoms with Gasteiger partial charge >= 0.3 is 0 Å². The van der Waals surface area contributed by atoms with Gasteiger partial charge in [0.25, 0.3) is 5.91 Å². The highest BCUT2D eigenvalue weighted by Crippen LogP contribution is 2.31. The number of likely N-dealkylation sites (tertiary alicyclic amines) is 1. The maximum Gasteiger partial charge on any atom is 0.255 e. The Morgan fingerprint density at radius 2 is 2.27 bits per heavy atom. The SMILES string of the molecule is Cc1[nH]ncc1C(=O)N[C@@H]1CC(=O)N(C)[C@H]1c1cccnc1. The van der Waals surface area contributed by atoms with E-state index in [4.69, 9.17) is 0 Å². The fraction of sp³-hybridized carbons (Fsp3) is 0.333. The Balaban J connectivity index is 1.84. The van der Waals surface area contributed by atoms with Crippen molar-refractivity contribution in [3.63, 3.8) is 0 Å². The predicted molar refractivity (Wildman–Crippen MR) is 78.9 cm³/mol. The lowest BCUT2D eigenvalue weighted by Gasteiger charge is -2.25. The summed E-state index contributed by atoms with van der Waals surface area (Å²) in [5.74, 6) is -0.226. The Morgan fingerprint density at radius 3 is 2.91 bits per heavy atom. The van der Waals surface area contributed by atoms with E-state index < -0.39 is 0 Å². The van der Waals surface area contributed by atoms with E-state index >= 15 is 0 Å². The summed E-state index contributed by atoms with van der Waals surface area (Å²) in [6.45, 7) is 1.78. The largest absolute Gasteiger partial charge is 0.346 e. The number of aromatic nitrogens is 3. The molecule has 1 aliphatic rings. The Morgan fingerprint density at radius 1 is 1.45 bits per heavy atom. The molecule has 0 radical (unpaired) electrons. The molecular weight excluding hydrogens is 282 g/mol.